The van der Waals surface area contributed by atoms with Gasteiger partial charge in [-0.1, -0.05) is 0 Å². The summed E-state index contributed by atoms with van der Waals surface area (Å²) < 4.78 is 12.7. The Kier molecular flexibility index (Phi) is 1.57. The Morgan fingerprint density at radius 2 is 2.33 bits per heavy atom. The van der Waals surface area contributed by atoms with Crippen LogP contribution in [-0.2, 0) is 0 Å². The van der Waals surface area contributed by atoms with Gasteiger partial charge in [0.05, 0.1) is 4.90 Å². The molecule has 0 saturated carbocycles. The molecule has 48 valence electrons. The topological polar surface area (TPSA) is 26.9 Å². The van der Waals surface area contributed by atoms with Crippen LogP contribution >= 0.6 is 12.6 Å². The van der Waals surface area contributed by atoms with Crippen LogP contribution in [0.4, 0.5) is 4.39 Å². The highest BCUT2D eigenvalue weighted by Gasteiger charge is 1.99. The standard InChI is InChI=1S/C5H4FNOS/c6-4-3-7(8)2-1-5(4)9/h1-3,9H. The molecule has 4 heteroatoms. The van der Waals surface area contributed by atoms with Crippen LogP contribution in [0, 0.1) is 11.0 Å². The highest BCUT2D eigenvalue weighted by molar-refractivity contribution is 7.80. The molecule has 0 amide bonds. The van der Waals surface area contributed by atoms with Gasteiger partial charge in [-0.25, -0.2) is 0 Å². The lowest BCUT2D eigenvalue weighted by atomic mass is 10.5. The number of rotatable bonds is 0. The van der Waals surface area contributed by atoms with Gasteiger partial charge in [0.25, 0.3) is 0 Å². The van der Waals surface area contributed by atoms with Crippen LogP contribution in [0.1, 0.15) is 0 Å². The fraction of sp³-hybridized carbons (Fsp3) is 0. The highest BCUT2D eigenvalue weighted by Crippen LogP contribution is 2.06. The van der Waals surface area contributed by atoms with Crippen molar-refractivity contribution in [2.45, 2.75) is 4.90 Å². The maximum atomic E-state index is 12.3. The fourth-order valence-corrected chi connectivity index (χ4v) is 0.569. The number of thiol groups is 1. The molecule has 1 rings (SSSR count). The molecule has 0 atom stereocenters. The predicted molar refractivity (Wildman–Crippen MR) is 32.6 cm³/mol. The van der Waals surface area contributed by atoms with Crippen molar-refractivity contribution in [3.63, 3.8) is 0 Å². The quantitative estimate of drug-likeness (QED) is 0.325. The van der Waals surface area contributed by atoms with Crippen LogP contribution < -0.4 is 4.73 Å². The number of nitrogens with zero attached hydrogens (tertiary/aromatic N) is 1. The molecule has 0 aromatic carbocycles. The normalized spacial score (nSPS) is 9.56. The maximum absolute atomic E-state index is 12.3. The zero-order valence-corrected chi connectivity index (χ0v) is 5.31. The minimum absolute atomic E-state index is 0.183. The number of hydrogen-bond donors (Lipinski definition) is 1. The molecule has 1 aromatic heterocycles. The van der Waals surface area contributed by atoms with Crippen LogP contribution in [0.5, 0.6) is 0 Å². The summed E-state index contributed by atoms with van der Waals surface area (Å²) >= 11 is 3.72. The lowest BCUT2D eigenvalue weighted by molar-refractivity contribution is -0.607. The molecule has 0 aliphatic rings. The number of pyridine rings is 1. The van der Waals surface area contributed by atoms with Gasteiger partial charge < -0.3 is 5.21 Å². The average Bonchev–Trinajstić information content (AvgIpc) is 1.80. The average molecular weight is 145 g/mol. The summed E-state index contributed by atoms with van der Waals surface area (Å²) in [4.78, 5) is 0.183. The third-order valence-corrected chi connectivity index (χ3v) is 1.23. The van der Waals surface area contributed by atoms with Gasteiger partial charge in [0.15, 0.2) is 6.20 Å². The molecule has 0 fully saturated rings. The Hall–Kier alpha value is -0.770. The van der Waals surface area contributed by atoms with Crippen molar-refractivity contribution < 1.29 is 9.12 Å². The molecular weight excluding hydrogens is 141 g/mol. The van der Waals surface area contributed by atoms with Crippen LogP contribution in [0.25, 0.3) is 0 Å². The number of aromatic nitrogens is 1. The molecule has 0 aliphatic carbocycles. The van der Waals surface area contributed by atoms with Gasteiger partial charge in [-0.05, 0) is 0 Å². The summed E-state index contributed by atoms with van der Waals surface area (Å²) in [6.07, 6.45) is 2.01. The van der Waals surface area contributed by atoms with Crippen molar-refractivity contribution in [2.75, 3.05) is 0 Å². The first-order valence-electron chi connectivity index (χ1n) is 2.27. The van der Waals surface area contributed by atoms with E-state index in [-0.39, 0.29) is 4.90 Å². The first-order valence-corrected chi connectivity index (χ1v) is 2.72. The van der Waals surface area contributed by atoms with E-state index in [9.17, 15) is 9.60 Å². The third-order valence-electron chi connectivity index (χ3n) is 0.865. The molecule has 0 aliphatic heterocycles. The Bertz CT molecular complexity index is 228. The lowest BCUT2D eigenvalue weighted by Gasteiger charge is -1.94. The molecule has 0 N–H and O–H groups in total. The summed E-state index contributed by atoms with van der Waals surface area (Å²) in [6, 6.07) is 1.30. The molecule has 0 saturated heterocycles. The van der Waals surface area contributed by atoms with Crippen LogP contribution in [0.2, 0.25) is 0 Å². The van der Waals surface area contributed by atoms with Gasteiger partial charge in [-0.15, -0.1) is 12.6 Å². The highest BCUT2D eigenvalue weighted by atomic mass is 32.1. The summed E-state index contributed by atoms with van der Waals surface area (Å²) in [7, 11) is 0. The van der Waals surface area contributed by atoms with Crippen molar-refractivity contribution in [2.24, 2.45) is 0 Å². The zero-order valence-electron chi connectivity index (χ0n) is 4.41. The van der Waals surface area contributed by atoms with Crippen molar-refractivity contribution >= 4 is 12.6 Å². The van der Waals surface area contributed by atoms with Gasteiger partial charge in [-0.2, -0.15) is 9.12 Å². The third kappa shape index (κ3) is 1.32. The molecule has 1 aromatic rings. The Labute approximate surface area is 56.9 Å². The number of halogens is 1. The lowest BCUT2D eigenvalue weighted by Crippen LogP contribution is -2.24. The molecular formula is C5H4FNOS. The van der Waals surface area contributed by atoms with Crippen molar-refractivity contribution in [3.8, 4) is 0 Å². The summed E-state index contributed by atoms with van der Waals surface area (Å²) in [5.41, 5.74) is 0. The molecule has 0 bridgehead atoms. The van der Waals surface area contributed by atoms with Gasteiger partial charge in [0, 0.05) is 6.07 Å². The molecule has 0 spiro atoms. The van der Waals surface area contributed by atoms with Crippen molar-refractivity contribution in [3.05, 3.63) is 29.5 Å². The minimum atomic E-state index is -0.601. The minimum Gasteiger partial charge on any atom is -0.619 e. The van der Waals surface area contributed by atoms with E-state index in [1.54, 1.807) is 0 Å². The van der Waals surface area contributed by atoms with E-state index < -0.39 is 5.82 Å². The first-order chi connectivity index (χ1) is 4.20. The smallest absolute Gasteiger partial charge is 0.217 e. The second kappa shape index (κ2) is 2.23. The molecule has 0 radical (unpaired) electrons. The zero-order chi connectivity index (χ0) is 6.85. The Morgan fingerprint density at radius 3 is 2.78 bits per heavy atom. The summed E-state index contributed by atoms with van der Waals surface area (Å²) in [5, 5.41) is 10.3. The second-order valence-corrected chi connectivity index (χ2v) is 2.02. The van der Waals surface area contributed by atoms with Gasteiger partial charge in [-0.3, -0.25) is 0 Å². The van der Waals surface area contributed by atoms with Crippen LogP contribution in [0.3, 0.4) is 0 Å². The number of hydrogen-bond acceptors (Lipinski definition) is 2. The van der Waals surface area contributed by atoms with Gasteiger partial charge in [0.2, 0.25) is 12.0 Å². The van der Waals surface area contributed by atoms with E-state index in [0.29, 0.717) is 4.73 Å². The van der Waals surface area contributed by atoms with E-state index in [4.69, 9.17) is 0 Å². The Balaban J connectivity index is 3.17. The van der Waals surface area contributed by atoms with Gasteiger partial charge in [0.1, 0.15) is 0 Å². The summed E-state index contributed by atoms with van der Waals surface area (Å²) in [5.74, 6) is -0.601. The van der Waals surface area contributed by atoms with Crippen LogP contribution in [0.15, 0.2) is 23.4 Å². The second-order valence-electron chi connectivity index (χ2n) is 1.54. The van der Waals surface area contributed by atoms with E-state index in [1.165, 1.54) is 12.3 Å². The predicted octanol–water partition coefficient (Wildman–Crippen LogP) is 0.748. The molecule has 0 unspecified atom stereocenters. The van der Waals surface area contributed by atoms with Crippen molar-refractivity contribution in [1.82, 2.24) is 0 Å². The molecule has 9 heavy (non-hydrogen) atoms. The van der Waals surface area contributed by atoms with E-state index in [0.717, 1.165) is 6.20 Å². The van der Waals surface area contributed by atoms with E-state index >= 15 is 0 Å². The van der Waals surface area contributed by atoms with Gasteiger partial charge >= 0.3 is 0 Å². The largest absolute Gasteiger partial charge is 0.619 e. The van der Waals surface area contributed by atoms with E-state index in [1.807, 2.05) is 0 Å². The maximum Gasteiger partial charge on any atom is 0.217 e. The van der Waals surface area contributed by atoms with Crippen molar-refractivity contribution in [1.29, 1.82) is 0 Å². The Morgan fingerprint density at radius 1 is 1.67 bits per heavy atom. The molecule has 1 heterocycles. The van der Waals surface area contributed by atoms with E-state index in [2.05, 4.69) is 12.6 Å². The monoisotopic (exact) mass is 145 g/mol. The summed E-state index contributed by atoms with van der Waals surface area (Å²) in [6.45, 7) is 0. The molecule has 2 nitrogen and oxygen atoms in total. The fourth-order valence-electron chi connectivity index (χ4n) is 0.445. The SMILES string of the molecule is [O-][n+]1ccc(S)c(F)c1. The van der Waals surface area contributed by atoms with Crippen LogP contribution in [-0.4, -0.2) is 0 Å². The first kappa shape index (κ1) is 6.35.